The molecule has 4 rings (SSSR count). The average molecular weight is 335 g/mol. The molecule has 0 saturated heterocycles. The van der Waals surface area contributed by atoms with Gasteiger partial charge in [-0.1, -0.05) is 35.6 Å². The van der Waals surface area contributed by atoms with Crippen LogP contribution in [0.5, 0.6) is 0 Å². The zero-order valence-corrected chi connectivity index (χ0v) is 13.6. The molecule has 0 bridgehead atoms. The van der Waals surface area contributed by atoms with Gasteiger partial charge in [-0.15, -0.1) is 0 Å². The van der Waals surface area contributed by atoms with E-state index >= 15 is 0 Å². The average Bonchev–Trinajstić information content (AvgIpc) is 2.99. The fourth-order valence-electron chi connectivity index (χ4n) is 2.64. The second-order valence-electron chi connectivity index (χ2n) is 5.47. The molecular formula is C18H13N3O2S. The fraction of sp³-hybridized carbons (Fsp3) is 0.0556. The smallest absolute Gasteiger partial charge is 0.262 e. The van der Waals surface area contributed by atoms with Crippen LogP contribution in [0.4, 0.5) is 5.13 Å². The van der Waals surface area contributed by atoms with Gasteiger partial charge in [0.15, 0.2) is 5.13 Å². The summed E-state index contributed by atoms with van der Waals surface area (Å²) in [6, 6.07) is 13.0. The number of hydrogen-bond donors (Lipinski definition) is 2. The summed E-state index contributed by atoms with van der Waals surface area (Å²) in [6.45, 7) is 1.97. The van der Waals surface area contributed by atoms with Crippen molar-refractivity contribution in [1.29, 1.82) is 0 Å². The van der Waals surface area contributed by atoms with Crippen molar-refractivity contribution in [3.8, 4) is 0 Å². The van der Waals surface area contributed by atoms with Gasteiger partial charge in [-0.05, 0) is 30.7 Å². The predicted octanol–water partition coefficient (Wildman–Crippen LogP) is 3.70. The van der Waals surface area contributed by atoms with Crippen LogP contribution in [0.1, 0.15) is 15.9 Å². The van der Waals surface area contributed by atoms with E-state index in [2.05, 4.69) is 15.3 Å². The van der Waals surface area contributed by atoms with Crippen LogP contribution in [-0.2, 0) is 0 Å². The lowest BCUT2D eigenvalue weighted by Crippen LogP contribution is -2.21. The Morgan fingerprint density at radius 2 is 2.00 bits per heavy atom. The molecule has 118 valence electrons. The lowest BCUT2D eigenvalue weighted by atomic mass is 10.1. The molecule has 5 nitrogen and oxygen atoms in total. The van der Waals surface area contributed by atoms with Gasteiger partial charge >= 0.3 is 0 Å². The second kappa shape index (κ2) is 5.58. The van der Waals surface area contributed by atoms with Crippen molar-refractivity contribution in [1.82, 2.24) is 9.97 Å². The number of hydrogen-bond acceptors (Lipinski definition) is 4. The zero-order chi connectivity index (χ0) is 16.7. The molecule has 0 spiro atoms. The van der Waals surface area contributed by atoms with Gasteiger partial charge in [0.2, 0.25) is 5.43 Å². The third kappa shape index (κ3) is 2.37. The molecule has 1 amide bonds. The number of nitrogens with zero attached hydrogens (tertiary/aromatic N) is 1. The Labute approximate surface area is 141 Å². The second-order valence-corrected chi connectivity index (χ2v) is 6.50. The van der Waals surface area contributed by atoms with Crippen LogP contribution in [-0.4, -0.2) is 15.9 Å². The number of amides is 1. The summed E-state index contributed by atoms with van der Waals surface area (Å²) >= 11 is 1.39. The summed E-state index contributed by atoms with van der Waals surface area (Å²) in [4.78, 5) is 32.4. The molecule has 24 heavy (non-hydrogen) atoms. The minimum Gasteiger partial charge on any atom is -0.360 e. The number of rotatable bonds is 2. The standard InChI is InChI=1S/C18H13N3O2S/c1-10-5-4-8-14-15(10)20-18(24-14)21-17(23)12-9-19-13-7-3-2-6-11(13)16(12)22/h2-9H,1H3,(H,19,22)(H,20,21,23). The van der Waals surface area contributed by atoms with Crippen LogP contribution in [0.25, 0.3) is 21.1 Å². The number of benzene rings is 2. The molecule has 0 unspecified atom stereocenters. The number of H-pyrrole nitrogens is 1. The highest BCUT2D eigenvalue weighted by Crippen LogP contribution is 2.28. The van der Waals surface area contributed by atoms with E-state index in [1.54, 1.807) is 18.2 Å². The highest BCUT2D eigenvalue weighted by molar-refractivity contribution is 7.22. The van der Waals surface area contributed by atoms with Gasteiger partial charge in [-0.25, -0.2) is 4.98 Å². The SMILES string of the molecule is Cc1cccc2sc(NC(=O)c3c[nH]c4ccccc4c3=O)nc12. The molecule has 2 aromatic heterocycles. The Morgan fingerprint density at radius 1 is 1.17 bits per heavy atom. The normalized spacial score (nSPS) is 11.0. The highest BCUT2D eigenvalue weighted by atomic mass is 32.1. The maximum atomic E-state index is 12.5. The number of thiazole rings is 1. The molecule has 2 aromatic carbocycles. The molecule has 0 radical (unpaired) electrons. The van der Waals surface area contributed by atoms with Gasteiger partial charge < -0.3 is 4.98 Å². The van der Waals surface area contributed by atoms with Crippen LogP contribution in [0, 0.1) is 6.92 Å². The molecule has 6 heteroatoms. The lowest BCUT2D eigenvalue weighted by Gasteiger charge is -2.03. The van der Waals surface area contributed by atoms with Gasteiger partial charge in [0, 0.05) is 17.1 Å². The molecule has 4 aromatic rings. The third-order valence-corrected chi connectivity index (χ3v) is 4.81. The summed E-state index contributed by atoms with van der Waals surface area (Å²) in [5, 5.41) is 3.70. The quantitative estimate of drug-likeness (QED) is 0.586. The Balaban J connectivity index is 1.72. The Morgan fingerprint density at radius 3 is 2.83 bits per heavy atom. The van der Waals surface area contributed by atoms with E-state index in [-0.39, 0.29) is 11.0 Å². The Kier molecular flexibility index (Phi) is 3.39. The number of pyridine rings is 1. The highest BCUT2D eigenvalue weighted by Gasteiger charge is 2.15. The minimum absolute atomic E-state index is 0.0738. The number of fused-ring (bicyclic) bond motifs is 2. The topological polar surface area (TPSA) is 74.8 Å². The zero-order valence-electron chi connectivity index (χ0n) is 12.8. The van der Waals surface area contributed by atoms with E-state index in [0.29, 0.717) is 16.0 Å². The van der Waals surface area contributed by atoms with Crippen LogP contribution in [0.2, 0.25) is 0 Å². The van der Waals surface area contributed by atoms with E-state index in [0.717, 1.165) is 15.8 Å². The number of aromatic amines is 1. The summed E-state index contributed by atoms with van der Waals surface area (Å²) in [6.07, 6.45) is 1.44. The number of nitrogens with one attached hydrogen (secondary N) is 2. The van der Waals surface area contributed by atoms with E-state index in [1.807, 2.05) is 31.2 Å². The summed E-state index contributed by atoms with van der Waals surface area (Å²) in [7, 11) is 0. The van der Waals surface area contributed by atoms with Crippen LogP contribution >= 0.6 is 11.3 Å². The van der Waals surface area contributed by atoms with Gasteiger partial charge in [0.25, 0.3) is 5.91 Å². The van der Waals surface area contributed by atoms with Crippen molar-refractivity contribution in [2.75, 3.05) is 5.32 Å². The summed E-state index contributed by atoms with van der Waals surface area (Å²) in [5.74, 6) is -0.460. The molecule has 0 saturated carbocycles. The van der Waals surface area contributed by atoms with Crippen molar-refractivity contribution in [2.45, 2.75) is 6.92 Å². The van der Waals surface area contributed by atoms with Gasteiger partial charge in [-0.2, -0.15) is 0 Å². The summed E-state index contributed by atoms with van der Waals surface area (Å²) < 4.78 is 0.998. The fourth-order valence-corrected chi connectivity index (χ4v) is 3.58. The van der Waals surface area contributed by atoms with Crippen molar-refractivity contribution < 1.29 is 4.79 Å². The number of anilines is 1. The number of carbonyl (C=O) groups excluding carboxylic acids is 1. The van der Waals surface area contributed by atoms with E-state index in [1.165, 1.54) is 17.5 Å². The largest absolute Gasteiger partial charge is 0.360 e. The minimum atomic E-state index is -0.460. The monoisotopic (exact) mass is 335 g/mol. The number of carbonyl (C=O) groups is 1. The van der Waals surface area contributed by atoms with Crippen LogP contribution in [0.15, 0.2) is 53.5 Å². The molecule has 0 aliphatic carbocycles. The van der Waals surface area contributed by atoms with Crippen molar-refractivity contribution in [3.05, 3.63) is 70.0 Å². The van der Waals surface area contributed by atoms with Crippen LogP contribution < -0.4 is 10.7 Å². The predicted molar refractivity (Wildman–Crippen MR) is 96.9 cm³/mol. The van der Waals surface area contributed by atoms with E-state index in [4.69, 9.17) is 0 Å². The van der Waals surface area contributed by atoms with Gasteiger partial charge in [0.1, 0.15) is 5.56 Å². The third-order valence-electron chi connectivity index (χ3n) is 3.87. The number of aryl methyl sites for hydroxylation is 1. The first-order valence-electron chi connectivity index (χ1n) is 7.41. The molecule has 0 fully saturated rings. The Hall–Kier alpha value is -2.99. The van der Waals surface area contributed by atoms with Crippen molar-refractivity contribution in [3.63, 3.8) is 0 Å². The maximum Gasteiger partial charge on any atom is 0.262 e. The Bertz CT molecular complexity index is 1140. The molecule has 2 N–H and O–H groups in total. The number of para-hydroxylation sites is 2. The first kappa shape index (κ1) is 14.6. The van der Waals surface area contributed by atoms with Gasteiger partial charge in [-0.3, -0.25) is 14.9 Å². The molecular weight excluding hydrogens is 322 g/mol. The van der Waals surface area contributed by atoms with Crippen molar-refractivity contribution in [2.24, 2.45) is 0 Å². The van der Waals surface area contributed by atoms with E-state index < -0.39 is 5.91 Å². The van der Waals surface area contributed by atoms with Gasteiger partial charge in [0.05, 0.1) is 10.2 Å². The lowest BCUT2D eigenvalue weighted by molar-refractivity contribution is 0.102. The first-order valence-corrected chi connectivity index (χ1v) is 8.23. The molecule has 0 aliphatic heterocycles. The van der Waals surface area contributed by atoms with Crippen LogP contribution in [0.3, 0.4) is 0 Å². The number of aromatic nitrogens is 2. The first-order chi connectivity index (χ1) is 11.6. The molecule has 0 aliphatic rings. The molecule has 0 atom stereocenters. The van der Waals surface area contributed by atoms with E-state index in [9.17, 15) is 9.59 Å². The molecule has 2 heterocycles. The van der Waals surface area contributed by atoms with Crippen molar-refractivity contribution >= 4 is 43.5 Å². The maximum absolute atomic E-state index is 12.5. The summed E-state index contributed by atoms with van der Waals surface area (Å²) in [5.41, 5.74) is 2.40.